The Morgan fingerprint density at radius 2 is 1.96 bits per heavy atom. The lowest BCUT2D eigenvalue weighted by Crippen LogP contribution is -2.32. The van der Waals surface area contributed by atoms with E-state index in [4.69, 9.17) is 10.5 Å². The van der Waals surface area contributed by atoms with E-state index in [-0.39, 0.29) is 12.1 Å². The molecule has 0 saturated heterocycles. The standard InChI is InChI=1S/C19H27F3N4O2/c1-11(12-2-3-12)8-16-15(17(23)27)9-24-18(26-16)25-13-4-6-14(7-5-13)28-10-19(20,21)22/h9,11-14H,2-8,10H2,1H3,(H2,23,27)(H,24,25,26). The summed E-state index contributed by atoms with van der Waals surface area (Å²) in [5.74, 6) is 1.01. The molecule has 2 aliphatic rings. The van der Waals surface area contributed by atoms with E-state index >= 15 is 0 Å². The molecule has 6 nitrogen and oxygen atoms in total. The first-order valence-electron chi connectivity index (χ1n) is 9.82. The predicted molar refractivity (Wildman–Crippen MR) is 97.8 cm³/mol. The van der Waals surface area contributed by atoms with Crippen molar-refractivity contribution >= 4 is 11.9 Å². The molecule has 9 heteroatoms. The van der Waals surface area contributed by atoms with Crippen molar-refractivity contribution in [3.63, 3.8) is 0 Å². The zero-order chi connectivity index (χ0) is 20.3. The summed E-state index contributed by atoms with van der Waals surface area (Å²) in [6.07, 6.45) is 2.37. The number of ether oxygens (including phenoxy) is 1. The maximum Gasteiger partial charge on any atom is 0.411 e. The van der Waals surface area contributed by atoms with Gasteiger partial charge in [-0.2, -0.15) is 13.2 Å². The minimum absolute atomic E-state index is 0.0684. The van der Waals surface area contributed by atoms with Crippen LogP contribution in [0.15, 0.2) is 6.20 Å². The number of aromatic nitrogens is 2. The second-order valence-electron chi connectivity index (χ2n) is 7.98. The van der Waals surface area contributed by atoms with Gasteiger partial charge in [0.2, 0.25) is 5.95 Å². The van der Waals surface area contributed by atoms with Gasteiger partial charge in [0.1, 0.15) is 6.61 Å². The van der Waals surface area contributed by atoms with Gasteiger partial charge in [-0.1, -0.05) is 6.92 Å². The average Bonchev–Trinajstić information content (AvgIpc) is 3.45. The van der Waals surface area contributed by atoms with Crippen molar-refractivity contribution in [3.8, 4) is 0 Å². The Kier molecular flexibility index (Phi) is 6.42. The molecule has 2 saturated carbocycles. The highest BCUT2D eigenvalue weighted by atomic mass is 19.4. The monoisotopic (exact) mass is 400 g/mol. The second-order valence-corrected chi connectivity index (χ2v) is 7.98. The Morgan fingerprint density at radius 3 is 2.54 bits per heavy atom. The van der Waals surface area contributed by atoms with Gasteiger partial charge < -0.3 is 15.8 Å². The van der Waals surface area contributed by atoms with Gasteiger partial charge in [0, 0.05) is 12.2 Å². The number of hydrogen-bond acceptors (Lipinski definition) is 5. The molecular weight excluding hydrogens is 373 g/mol. The number of rotatable bonds is 8. The predicted octanol–water partition coefficient (Wildman–Crippen LogP) is 3.47. The van der Waals surface area contributed by atoms with Crippen molar-refractivity contribution in [1.82, 2.24) is 9.97 Å². The largest absolute Gasteiger partial charge is 0.411 e. The zero-order valence-electron chi connectivity index (χ0n) is 16.0. The van der Waals surface area contributed by atoms with E-state index in [1.807, 2.05) is 0 Å². The van der Waals surface area contributed by atoms with Crippen LogP contribution in [0.4, 0.5) is 19.1 Å². The van der Waals surface area contributed by atoms with Crippen LogP contribution >= 0.6 is 0 Å². The Bertz CT molecular complexity index is 686. The number of carbonyl (C=O) groups excluding carboxylic acids is 1. The number of primary amides is 1. The Labute approximate surface area is 162 Å². The van der Waals surface area contributed by atoms with Crippen LogP contribution in [0.2, 0.25) is 0 Å². The third-order valence-electron chi connectivity index (χ3n) is 5.57. The number of carbonyl (C=O) groups is 1. The third-order valence-corrected chi connectivity index (χ3v) is 5.57. The molecule has 0 bridgehead atoms. The molecule has 156 valence electrons. The van der Waals surface area contributed by atoms with E-state index < -0.39 is 18.7 Å². The molecule has 1 amide bonds. The van der Waals surface area contributed by atoms with Crippen LogP contribution in [0.1, 0.15) is 61.5 Å². The number of nitrogens with one attached hydrogen (secondary N) is 1. The summed E-state index contributed by atoms with van der Waals surface area (Å²) in [6.45, 7) is 0.954. The smallest absolute Gasteiger partial charge is 0.369 e. The molecule has 28 heavy (non-hydrogen) atoms. The molecule has 3 rings (SSSR count). The number of alkyl halides is 3. The second kappa shape index (κ2) is 8.63. The molecule has 3 N–H and O–H groups in total. The van der Waals surface area contributed by atoms with Gasteiger partial charge in [0.25, 0.3) is 5.91 Å². The van der Waals surface area contributed by atoms with E-state index in [1.165, 1.54) is 19.0 Å². The highest BCUT2D eigenvalue weighted by molar-refractivity contribution is 5.93. The van der Waals surface area contributed by atoms with Crippen LogP contribution in [-0.2, 0) is 11.2 Å². The maximum atomic E-state index is 12.3. The summed E-state index contributed by atoms with van der Waals surface area (Å²) in [4.78, 5) is 20.4. The SMILES string of the molecule is CC(Cc1nc(NC2CCC(OCC(F)(F)F)CC2)ncc1C(N)=O)C1CC1. The molecule has 0 spiro atoms. The fraction of sp³-hybridized carbons (Fsp3) is 0.737. The molecule has 0 aliphatic heterocycles. The summed E-state index contributed by atoms with van der Waals surface area (Å²) in [6, 6.07) is 0.0684. The number of amides is 1. The Morgan fingerprint density at radius 1 is 1.29 bits per heavy atom. The van der Waals surface area contributed by atoms with Gasteiger partial charge in [0.15, 0.2) is 0 Å². The maximum absolute atomic E-state index is 12.3. The van der Waals surface area contributed by atoms with Gasteiger partial charge >= 0.3 is 6.18 Å². The van der Waals surface area contributed by atoms with Crippen molar-refractivity contribution in [3.05, 3.63) is 17.5 Å². The summed E-state index contributed by atoms with van der Waals surface area (Å²) >= 11 is 0. The molecule has 1 unspecified atom stereocenters. The minimum atomic E-state index is -4.29. The highest BCUT2D eigenvalue weighted by Gasteiger charge is 2.31. The molecule has 1 atom stereocenters. The van der Waals surface area contributed by atoms with Crippen molar-refractivity contribution in [2.24, 2.45) is 17.6 Å². The van der Waals surface area contributed by atoms with Gasteiger partial charge in [-0.25, -0.2) is 9.97 Å². The number of halogens is 3. The molecule has 1 aromatic rings. The van der Waals surface area contributed by atoms with Gasteiger partial charge in [0.05, 0.1) is 17.4 Å². The van der Waals surface area contributed by atoms with Crippen LogP contribution in [0, 0.1) is 11.8 Å². The molecule has 1 heterocycles. The quantitative estimate of drug-likeness (QED) is 0.697. The van der Waals surface area contributed by atoms with E-state index in [0.29, 0.717) is 61.1 Å². The zero-order valence-corrected chi connectivity index (χ0v) is 16.0. The van der Waals surface area contributed by atoms with Crippen molar-refractivity contribution in [1.29, 1.82) is 0 Å². The van der Waals surface area contributed by atoms with Crippen LogP contribution in [0.5, 0.6) is 0 Å². The molecular formula is C19H27F3N4O2. The van der Waals surface area contributed by atoms with E-state index in [1.54, 1.807) is 0 Å². The first kappa shape index (κ1) is 20.8. The van der Waals surface area contributed by atoms with Gasteiger partial charge in [-0.05, 0) is 56.8 Å². The number of hydrogen-bond donors (Lipinski definition) is 2. The number of nitrogens with two attached hydrogens (primary N) is 1. The van der Waals surface area contributed by atoms with Crippen molar-refractivity contribution < 1.29 is 22.7 Å². The number of nitrogens with zero attached hydrogens (tertiary/aromatic N) is 2. The van der Waals surface area contributed by atoms with Crippen molar-refractivity contribution in [2.75, 3.05) is 11.9 Å². The van der Waals surface area contributed by atoms with Crippen LogP contribution in [-0.4, -0.2) is 40.8 Å². The van der Waals surface area contributed by atoms with Gasteiger partial charge in [-0.3, -0.25) is 4.79 Å². The van der Waals surface area contributed by atoms with Crippen LogP contribution < -0.4 is 11.1 Å². The first-order valence-corrected chi connectivity index (χ1v) is 9.82. The molecule has 0 radical (unpaired) electrons. The summed E-state index contributed by atoms with van der Waals surface area (Å²) in [5, 5.41) is 3.25. The Hall–Kier alpha value is -1.90. The summed E-state index contributed by atoms with van der Waals surface area (Å²) < 4.78 is 41.7. The topological polar surface area (TPSA) is 90.1 Å². The lowest BCUT2D eigenvalue weighted by Gasteiger charge is -2.29. The molecule has 2 fully saturated rings. The fourth-order valence-corrected chi connectivity index (χ4v) is 3.75. The van der Waals surface area contributed by atoms with Crippen molar-refractivity contribution in [2.45, 2.75) is 70.2 Å². The lowest BCUT2D eigenvalue weighted by molar-refractivity contribution is -0.187. The van der Waals surface area contributed by atoms with E-state index in [2.05, 4.69) is 22.2 Å². The average molecular weight is 400 g/mol. The van der Waals surface area contributed by atoms with E-state index in [9.17, 15) is 18.0 Å². The molecule has 2 aliphatic carbocycles. The minimum Gasteiger partial charge on any atom is -0.369 e. The fourth-order valence-electron chi connectivity index (χ4n) is 3.75. The van der Waals surface area contributed by atoms with Crippen LogP contribution in [0.3, 0.4) is 0 Å². The Balaban J connectivity index is 1.56. The molecule has 0 aromatic carbocycles. The summed E-state index contributed by atoms with van der Waals surface area (Å²) in [7, 11) is 0. The molecule has 1 aromatic heterocycles. The first-order chi connectivity index (χ1) is 13.2. The number of anilines is 1. The van der Waals surface area contributed by atoms with Crippen LogP contribution in [0.25, 0.3) is 0 Å². The summed E-state index contributed by atoms with van der Waals surface area (Å²) in [5.41, 5.74) is 6.47. The third kappa shape index (κ3) is 6.05. The lowest BCUT2D eigenvalue weighted by atomic mass is 9.93. The normalized spacial score (nSPS) is 24.0. The van der Waals surface area contributed by atoms with E-state index in [0.717, 1.165) is 0 Å². The highest BCUT2D eigenvalue weighted by Crippen LogP contribution is 2.38. The van der Waals surface area contributed by atoms with Gasteiger partial charge in [-0.15, -0.1) is 0 Å².